The summed E-state index contributed by atoms with van der Waals surface area (Å²) in [6.07, 6.45) is 0. The number of para-hydroxylation sites is 1. The van der Waals surface area contributed by atoms with Crippen molar-refractivity contribution >= 4 is 35.0 Å². The monoisotopic (exact) mass is 471 g/mol. The van der Waals surface area contributed by atoms with Crippen molar-refractivity contribution in [1.82, 2.24) is 10.9 Å². The lowest BCUT2D eigenvalue weighted by Crippen LogP contribution is -2.41. The second-order valence-electron chi connectivity index (χ2n) is 6.59. The number of anilines is 1. The van der Waals surface area contributed by atoms with Crippen molar-refractivity contribution in [2.75, 3.05) is 19.0 Å². The third-order valence-electron chi connectivity index (χ3n) is 4.32. The highest BCUT2D eigenvalue weighted by Crippen LogP contribution is 2.27. The van der Waals surface area contributed by atoms with Gasteiger partial charge in [-0.1, -0.05) is 23.7 Å². The van der Waals surface area contributed by atoms with Gasteiger partial charge < -0.3 is 14.8 Å². The Morgan fingerprint density at radius 3 is 2.33 bits per heavy atom. The summed E-state index contributed by atoms with van der Waals surface area (Å²) in [5, 5.41) is 3.09. The van der Waals surface area contributed by atoms with Gasteiger partial charge >= 0.3 is 0 Å². The lowest BCUT2D eigenvalue weighted by molar-refractivity contribution is -0.118. The van der Waals surface area contributed by atoms with Gasteiger partial charge in [0.05, 0.1) is 18.4 Å². The van der Waals surface area contributed by atoms with Gasteiger partial charge in [-0.25, -0.2) is 4.39 Å². The summed E-state index contributed by atoms with van der Waals surface area (Å²) in [6.45, 7) is -0.391. The Labute approximate surface area is 193 Å². The molecule has 0 heterocycles. The van der Waals surface area contributed by atoms with Gasteiger partial charge in [0.2, 0.25) is 0 Å². The maximum Gasteiger partial charge on any atom is 0.273 e. The van der Waals surface area contributed by atoms with Gasteiger partial charge in [-0.2, -0.15) is 0 Å². The quantitative estimate of drug-likeness (QED) is 0.457. The van der Waals surface area contributed by atoms with Gasteiger partial charge in [-0.05, 0) is 48.5 Å². The number of hydrazine groups is 1. The molecular weight excluding hydrogens is 453 g/mol. The second kappa shape index (κ2) is 11.0. The van der Waals surface area contributed by atoms with Crippen molar-refractivity contribution in [3.63, 3.8) is 0 Å². The van der Waals surface area contributed by atoms with Crippen molar-refractivity contribution in [2.45, 2.75) is 0 Å². The van der Waals surface area contributed by atoms with Gasteiger partial charge in [0, 0.05) is 16.7 Å². The largest absolute Gasteiger partial charge is 0.495 e. The van der Waals surface area contributed by atoms with Crippen molar-refractivity contribution in [3.8, 4) is 11.5 Å². The summed E-state index contributed by atoms with van der Waals surface area (Å²) in [5.74, 6) is -1.76. The van der Waals surface area contributed by atoms with E-state index in [0.717, 1.165) is 12.1 Å². The molecule has 0 saturated heterocycles. The minimum absolute atomic E-state index is 0.0915. The van der Waals surface area contributed by atoms with E-state index in [4.69, 9.17) is 21.1 Å². The van der Waals surface area contributed by atoms with Crippen LogP contribution in [0.5, 0.6) is 11.5 Å². The van der Waals surface area contributed by atoms with Gasteiger partial charge in [0.15, 0.2) is 6.61 Å². The van der Waals surface area contributed by atoms with Crippen LogP contribution in [0.1, 0.15) is 20.7 Å². The van der Waals surface area contributed by atoms with Crippen LogP contribution in [0.2, 0.25) is 5.02 Å². The Hall–Kier alpha value is -4.11. The molecule has 0 radical (unpaired) electrons. The number of ether oxygens (including phenoxy) is 2. The van der Waals surface area contributed by atoms with Crippen LogP contribution >= 0.6 is 11.6 Å². The van der Waals surface area contributed by atoms with E-state index in [9.17, 15) is 18.8 Å². The van der Waals surface area contributed by atoms with E-state index in [0.29, 0.717) is 16.5 Å². The molecule has 0 unspecified atom stereocenters. The van der Waals surface area contributed by atoms with Crippen molar-refractivity contribution in [3.05, 3.63) is 88.7 Å². The average Bonchev–Trinajstić information content (AvgIpc) is 2.82. The average molecular weight is 472 g/mol. The highest BCUT2D eigenvalue weighted by molar-refractivity contribution is 6.30. The molecule has 3 aromatic rings. The number of nitrogens with one attached hydrogen (secondary N) is 3. The topological polar surface area (TPSA) is 106 Å². The van der Waals surface area contributed by atoms with Crippen LogP contribution < -0.4 is 25.6 Å². The van der Waals surface area contributed by atoms with Gasteiger partial charge in [-0.15, -0.1) is 0 Å². The number of benzene rings is 3. The highest BCUT2D eigenvalue weighted by atomic mass is 35.5. The van der Waals surface area contributed by atoms with Crippen LogP contribution in [0.25, 0.3) is 0 Å². The fourth-order valence-electron chi connectivity index (χ4n) is 2.73. The van der Waals surface area contributed by atoms with Crippen molar-refractivity contribution < 1.29 is 28.2 Å². The van der Waals surface area contributed by atoms with E-state index in [2.05, 4.69) is 16.2 Å². The third-order valence-corrected chi connectivity index (χ3v) is 4.56. The van der Waals surface area contributed by atoms with Gasteiger partial charge in [-0.3, -0.25) is 25.2 Å². The number of carbonyl (C=O) groups is 3. The summed E-state index contributed by atoms with van der Waals surface area (Å²) >= 11 is 5.91. The van der Waals surface area contributed by atoms with E-state index < -0.39 is 30.1 Å². The Kier molecular flexibility index (Phi) is 7.82. The molecule has 0 aromatic heterocycles. The van der Waals surface area contributed by atoms with Crippen LogP contribution in [0.3, 0.4) is 0 Å². The number of carbonyl (C=O) groups excluding carboxylic acids is 3. The molecular formula is C23H19ClFN3O5. The van der Waals surface area contributed by atoms with E-state index >= 15 is 0 Å². The van der Waals surface area contributed by atoms with E-state index in [1.807, 2.05) is 0 Å². The van der Waals surface area contributed by atoms with Gasteiger partial charge in [0.25, 0.3) is 17.7 Å². The van der Waals surface area contributed by atoms with E-state index in [1.165, 1.54) is 31.4 Å². The molecule has 3 rings (SSSR count). The van der Waals surface area contributed by atoms with Crippen LogP contribution in [0.15, 0.2) is 66.7 Å². The molecule has 170 valence electrons. The van der Waals surface area contributed by atoms with Crippen LogP contribution in [0.4, 0.5) is 10.1 Å². The Balaban J connectivity index is 1.59. The molecule has 0 aliphatic heterocycles. The number of hydrogen-bond donors (Lipinski definition) is 3. The smallest absolute Gasteiger partial charge is 0.273 e. The maximum absolute atomic E-state index is 13.0. The molecule has 3 aromatic carbocycles. The Morgan fingerprint density at radius 2 is 1.61 bits per heavy atom. The maximum atomic E-state index is 13.0. The lowest BCUT2D eigenvalue weighted by Gasteiger charge is -2.13. The van der Waals surface area contributed by atoms with Crippen LogP contribution in [-0.4, -0.2) is 31.4 Å². The number of hydrogen-bond acceptors (Lipinski definition) is 5. The normalized spacial score (nSPS) is 10.2. The second-order valence-corrected chi connectivity index (χ2v) is 7.03. The minimum atomic E-state index is -0.666. The van der Waals surface area contributed by atoms with Crippen LogP contribution in [0, 0.1) is 5.82 Å². The molecule has 3 N–H and O–H groups in total. The molecule has 8 nitrogen and oxygen atoms in total. The zero-order chi connectivity index (χ0) is 23.8. The molecule has 0 aliphatic rings. The molecule has 0 spiro atoms. The van der Waals surface area contributed by atoms with Crippen molar-refractivity contribution in [2.24, 2.45) is 0 Å². The first kappa shape index (κ1) is 23.6. The van der Waals surface area contributed by atoms with E-state index in [1.54, 1.807) is 30.3 Å². The summed E-state index contributed by atoms with van der Waals surface area (Å²) in [4.78, 5) is 36.9. The molecule has 0 atom stereocenters. The van der Waals surface area contributed by atoms with Gasteiger partial charge in [0.1, 0.15) is 17.3 Å². The lowest BCUT2D eigenvalue weighted by atomic mass is 10.2. The summed E-state index contributed by atoms with van der Waals surface area (Å²) in [5.41, 5.74) is 5.16. The molecule has 0 fully saturated rings. The molecule has 0 saturated carbocycles. The van der Waals surface area contributed by atoms with Crippen molar-refractivity contribution in [1.29, 1.82) is 0 Å². The predicted molar refractivity (Wildman–Crippen MR) is 120 cm³/mol. The zero-order valence-electron chi connectivity index (χ0n) is 17.4. The fraction of sp³-hybridized carbons (Fsp3) is 0.0870. The minimum Gasteiger partial charge on any atom is -0.495 e. The molecule has 10 heteroatoms. The first-order valence-corrected chi connectivity index (χ1v) is 9.96. The number of methoxy groups -OCH3 is 1. The summed E-state index contributed by atoms with van der Waals surface area (Å²) in [6, 6.07) is 15.8. The fourth-order valence-corrected chi connectivity index (χ4v) is 2.89. The number of amides is 3. The number of halogens is 2. The SMILES string of the molecule is COc1cc(Cl)ccc1NC(=O)COc1ccccc1C(=O)NNC(=O)c1ccc(F)cc1. The molecule has 0 bridgehead atoms. The standard InChI is InChI=1S/C23H19ClFN3O5/c1-32-20-12-15(24)8-11-18(20)26-21(29)13-33-19-5-3-2-4-17(19)23(31)28-27-22(30)14-6-9-16(25)10-7-14/h2-12H,13H2,1H3,(H,26,29)(H,27,30)(H,28,31). The Morgan fingerprint density at radius 1 is 0.909 bits per heavy atom. The molecule has 0 aliphatic carbocycles. The summed E-state index contributed by atoms with van der Waals surface area (Å²) < 4.78 is 23.7. The highest BCUT2D eigenvalue weighted by Gasteiger charge is 2.15. The molecule has 33 heavy (non-hydrogen) atoms. The number of rotatable bonds is 7. The van der Waals surface area contributed by atoms with Crippen LogP contribution in [-0.2, 0) is 4.79 Å². The van der Waals surface area contributed by atoms with E-state index in [-0.39, 0.29) is 16.9 Å². The first-order valence-electron chi connectivity index (χ1n) is 9.59. The summed E-state index contributed by atoms with van der Waals surface area (Å²) in [7, 11) is 1.45. The third kappa shape index (κ3) is 6.44. The predicted octanol–water partition coefficient (Wildman–Crippen LogP) is 3.58. The Bertz CT molecular complexity index is 1170. The molecule has 3 amide bonds. The zero-order valence-corrected chi connectivity index (χ0v) is 18.1. The first-order chi connectivity index (χ1) is 15.9.